The van der Waals surface area contributed by atoms with E-state index in [1.807, 2.05) is 10.6 Å². The van der Waals surface area contributed by atoms with E-state index in [0.717, 1.165) is 31.0 Å². The van der Waals surface area contributed by atoms with Crippen molar-refractivity contribution in [1.29, 1.82) is 0 Å². The number of hydrogen-bond acceptors (Lipinski definition) is 4. The SMILES string of the molecule is Clc1cnc2cnc(C3CNCCN3)cn12. The number of piperazine rings is 1. The van der Waals surface area contributed by atoms with E-state index in [-0.39, 0.29) is 6.04 Å². The first-order chi connectivity index (χ1) is 7.84. The van der Waals surface area contributed by atoms with Gasteiger partial charge < -0.3 is 10.6 Å². The summed E-state index contributed by atoms with van der Waals surface area (Å²) in [6.45, 7) is 2.86. The normalized spacial score (nSPS) is 21.4. The number of rotatable bonds is 1. The minimum Gasteiger partial charge on any atom is -0.314 e. The molecule has 1 atom stereocenters. The van der Waals surface area contributed by atoms with Crippen molar-refractivity contribution < 1.29 is 0 Å². The third kappa shape index (κ3) is 1.67. The highest BCUT2D eigenvalue weighted by molar-refractivity contribution is 6.29. The lowest BCUT2D eigenvalue weighted by Gasteiger charge is -2.23. The molecule has 0 aromatic carbocycles. The molecule has 2 aromatic heterocycles. The van der Waals surface area contributed by atoms with Crippen LogP contribution in [0.4, 0.5) is 0 Å². The maximum atomic E-state index is 6.02. The summed E-state index contributed by atoms with van der Waals surface area (Å²) in [5.74, 6) is 0. The van der Waals surface area contributed by atoms with Gasteiger partial charge >= 0.3 is 0 Å². The highest BCUT2D eigenvalue weighted by atomic mass is 35.5. The van der Waals surface area contributed by atoms with Crippen LogP contribution in [-0.2, 0) is 0 Å². The maximum Gasteiger partial charge on any atom is 0.156 e. The van der Waals surface area contributed by atoms with Crippen molar-refractivity contribution in [3.05, 3.63) is 29.4 Å². The summed E-state index contributed by atoms with van der Waals surface area (Å²) in [5, 5.41) is 7.35. The maximum absolute atomic E-state index is 6.02. The highest BCUT2D eigenvalue weighted by Gasteiger charge is 2.16. The summed E-state index contributed by atoms with van der Waals surface area (Å²) in [5.41, 5.74) is 1.76. The van der Waals surface area contributed by atoms with Gasteiger partial charge in [-0.25, -0.2) is 4.98 Å². The monoisotopic (exact) mass is 237 g/mol. The van der Waals surface area contributed by atoms with E-state index in [1.54, 1.807) is 12.4 Å². The molecule has 1 aliphatic heterocycles. The molecular formula is C10H12ClN5. The van der Waals surface area contributed by atoms with Crippen molar-refractivity contribution in [1.82, 2.24) is 25.0 Å². The second-order valence-electron chi connectivity index (χ2n) is 3.83. The van der Waals surface area contributed by atoms with Gasteiger partial charge in [-0.3, -0.25) is 9.38 Å². The van der Waals surface area contributed by atoms with Gasteiger partial charge in [0.25, 0.3) is 0 Å². The standard InChI is InChI=1S/C10H12ClN5/c11-9-4-15-10-5-14-8(6-16(9)10)7-3-12-1-2-13-7/h4-7,12-13H,1-3H2. The van der Waals surface area contributed by atoms with E-state index >= 15 is 0 Å². The number of aromatic nitrogens is 3. The van der Waals surface area contributed by atoms with E-state index in [4.69, 9.17) is 11.6 Å². The number of hydrogen-bond donors (Lipinski definition) is 2. The van der Waals surface area contributed by atoms with Crippen molar-refractivity contribution in [3.8, 4) is 0 Å². The van der Waals surface area contributed by atoms with E-state index in [1.165, 1.54) is 0 Å². The average molecular weight is 238 g/mol. The van der Waals surface area contributed by atoms with Crippen LogP contribution in [0.3, 0.4) is 0 Å². The molecule has 0 amide bonds. The first-order valence-electron chi connectivity index (χ1n) is 5.27. The Labute approximate surface area is 97.8 Å². The largest absolute Gasteiger partial charge is 0.314 e. The Morgan fingerprint density at radius 3 is 3.06 bits per heavy atom. The van der Waals surface area contributed by atoms with Gasteiger partial charge in [-0.15, -0.1) is 0 Å². The van der Waals surface area contributed by atoms with Gasteiger partial charge in [0.15, 0.2) is 5.65 Å². The molecular weight excluding hydrogens is 226 g/mol. The van der Waals surface area contributed by atoms with E-state index in [2.05, 4.69) is 20.6 Å². The van der Waals surface area contributed by atoms with Crippen LogP contribution >= 0.6 is 11.6 Å². The lowest BCUT2D eigenvalue weighted by Crippen LogP contribution is -2.43. The molecule has 0 saturated carbocycles. The predicted molar refractivity (Wildman–Crippen MR) is 61.6 cm³/mol. The molecule has 1 unspecified atom stereocenters. The fourth-order valence-electron chi connectivity index (χ4n) is 1.92. The van der Waals surface area contributed by atoms with E-state index in [9.17, 15) is 0 Å². The molecule has 16 heavy (non-hydrogen) atoms. The van der Waals surface area contributed by atoms with Crippen LogP contribution in [-0.4, -0.2) is 34.0 Å². The number of nitrogens with zero attached hydrogens (tertiary/aromatic N) is 3. The molecule has 1 aliphatic rings. The van der Waals surface area contributed by atoms with Crippen molar-refractivity contribution >= 4 is 17.2 Å². The lowest BCUT2D eigenvalue weighted by atomic mass is 10.2. The van der Waals surface area contributed by atoms with E-state index < -0.39 is 0 Å². The quantitative estimate of drug-likeness (QED) is 0.764. The minimum atomic E-state index is 0.247. The zero-order valence-electron chi connectivity index (χ0n) is 8.65. The summed E-state index contributed by atoms with van der Waals surface area (Å²) in [6, 6.07) is 0.247. The van der Waals surface area contributed by atoms with Crippen LogP contribution in [0.2, 0.25) is 5.15 Å². The average Bonchev–Trinajstić information content (AvgIpc) is 2.72. The third-order valence-corrected chi connectivity index (χ3v) is 3.05. The first-order valence-corrected chi connectivity index (χ1v) is 5.65. The molecule has 3 heterocycles. The predicted octanol–water partition coefficient (Wildman–Crippen LogP) is 0.617. The van der Waals surface area contributed by atoms with Crippen molar-refractivity contribution in [3.63, 3.8) is 0 Å². The molecule has 84 valence electrons. The van der Waals surface area contributed by atoms with E-state index in [0.29, 0.717) is 5.15 Å². The van der Waals surface area contributed by atoms with Crippen molar-refractivity contribution in [2.24, 2.45) is 0 Å². The zero-order chi connectivity index (χ0) is 11.0. The smallest absolute Gasteiger partial charge is 0.156 e. The number of nitrogens with one attached hydrogen (secondary N) is 2. The molecule has 5 nitrogen and oxygen atoms in total. The number of imidazole rings is 1. The molecule has 0 bridgehead atoms. The van der Waals surface area contributed by atoms with Gasteiger partial charge in [-0.2, -0.15) is 0 Å². The number of halogens is 1. The molecule has 1 saturated heterocycles. The Bertz CT molecular complexity index is 503. The van der Waals surface area contributed by atoms with Crippen LogP contribution in [0.1, 0.15) is 11.7 Å². The van der Waals surface area contributed by atoms with Crippen LogP contribution in [0.25, 0.3) is 5.65 Å². The molecule has 6 heteroatoms. The Morgan fingerprint density at radius 1 is 1.31 bits per heavy atom. The summed E-state index contributed by atoms with van der Waals surface area (Å²) in [6.07, 6.45) is 5.32. The molecule has 2 aromatic rings. The molecule has 0 spiro atoms. The summed E-state index contributed by atoms with van der Waals surface area (Å²) >= 11 is 6.02. The topological polar surface area (TPSA) is 54.2 Å². The zero-order valence-corrected chi connectivity index (χ0v) is 9.41. The van der Waals surface area contributed by atoms with Gasteiger partial charge in [0.05, 0.1) is 24.1 Å². The molecule has 3 rings (SSSR count). The summed E-state index contributed by atoms with van der Waals surface area (Å²) in [4.78, 5) is 8.54. The second-order valence-corrected chi connectivity index (χ2v) is 4.22. The summed E-state index contributed by atoms with van der Waals surface area (Å²) in [7, 11) is 0. The third-order valence-electron chi connectivity index (χ3n) is 2.77. The van der Waals surface area contributed by atoms with Crippen LogP contribution < -0.4 is 10.6 Å². The van der Waals surface area contributed by atoms with Gasteiger partial charge in [-0.1, -0.05) is 11.6 Å². The second kappa shape index (κ2) is 4.01. The van der Waals surface area contributed by atoms with Crippen LogP contribution in [0, 0.1) is 0 Å². The summed E-state index contributed by atoms with van der Waals surface area (Å²) < 4.78 is 1.85. The number of fused-ring (bicyclic) bond motifs is 1. The van der Waals surface area contributed by atoms with Gasteiger partial charge in [0, 0.05) is 25.8 Å². The Hall–Kier alpha value is -1.17. The van der Waals surface area contributed by atoms with Gasteiger partial charge in [0.2, 0.25) is 0 Å². The fraction of sp³-hybridized carbons (Fsp3) is 0.400. The lowest BCUT2D eigenvalue weighted by molar-refractivity contribution is 0.422. The van der Waals surface area contributed by atoms with Gasteiger partial charge in [-0.05, 0) is 0 Å². The molecule has 0 radical (unpaired) electrons. The fourth-order valence-corrected chi connectivity index (χ4v) is 2.10. The Balaban J connectivity index is 1.99. The van der Waals surface area contributed by atoms with Crippen molar-refractivity contribution in [2.75, 3.05) is 19.6 Å². The molecule has 2 N–H and O–H groups in total. The molecule has 1 fully saturated rings. The van der Waals surface area contributed by atoms with Crippen LogP contribution in [0.5, 0.6) is 0 Å². The minimum absolute atomic E-state index is 0.247. The molecule has 0 aliphatic carbocycles. The Morgan fingerprint density at radius 2 is 2.25 bits per heavy atom. The first kappa shape index (κ1) is 10.0. The highest BCUT2D eigenvalue weighted by Crippen LogP contribution is 2.15. The Kier molecular flexibility index (Phi) is 2.51. The van der Waals surface area contributed by atoms with Gasteiger partial charge in [0.1, 0.15) is 5.15 Å². The van der Waals surface area contributed by atoms with Crippen LogP contribution in [0.15, 0.2) is 18.6 Å². The van der Waals surface area contributed by atoms with Crippen molar-refractivity contribution in [2.45, 2.75) is 6.04 Å².